The second-order valence-corrected chi connectivity index (χ2v) is 5.29. The molecule has 2 rings (SSSR count). The lowest BCUT2D eigenvalue weighted by atomic mass is 10.0. The summed E-state index contributed by atoms with van der Waals surface area (Å²) in [6.45, 7) is 1.94. The Morgan fingerprint density at radius 3 is 3.07 bits per heavy atom. The van der Waals surface area contributed by atoms with Crippen molar-refractivity contribution in [3.05, 3.63) is 12.0 Å². The van der Waals surface area contributed by atoms with Gasteiger partial charge in [0.15, 0.2) is 0 Å². The van der Waals surface area contributed by atoms with Crippen LogP contribution in [0.1, 0.15) is 31.4 Å². The molecule has 84 valence electrons. The Morgan fingerprint density at radius 2 is 2.47 bits per heavy atom. The van der Waals surface area contributed by atoms with Crippen LogP contribution in [0.3, 0.4) is 0 Å². The first-order valence-corrected chi connectivity index (χ1v) is 6.55. The van der Waals surface area contributed by atoms with Gasteiger partial charge in [0.2, 0.25) is 0 Å². The van der Waals surface area contributed by atoms with E-state index in [1.54, 1.807) is 18.0 Å². The van der Waals surface area contributed by atoms with Gasteiger partial charge in [-0.2, -0.15) is 0 Å². The molecule has 0 aliphatic heterocycles. The summed E-state index contributed by atoms with van der Waals surface area (Å²) >= 11 is 1.70. The molecule has 2 atom stereocenters. The highest BCUT2D eigenvalue weighted by atomic mass is 32.2. The highest BCUT2D eigenvalue weighted by Gasteiger charge is 2.23. The first-order chi connectivity index (χ1) is 7.25. The Morgan fingerprint density at radius 1 is 1.60 bits per heavy atom. The number of hydrogen-bond acceptors (Lipinski definition) is 4. The third kappa shape index (κ3) is 2.98. The number of aryl methyl sites for hydroxylation is 1. The van der Waals surface area contributed by atoms with Gasteiger partial charge in [0.1, 0.15) is 6.26 Å². The molecule has 2 unspecified atom stereocenters. The molecule has 1 aromatic heterocycles. The molecule has 0 bridgehead atoms. The fourth-order valence-electron chi connectivity index (χ4n) is 2.12. The highest BCUT2D eigenvalue weighted by Crippen LogP contribution is 2.29. The van der Waals surface area contributed by atoms with Crippen molar-refractivity contribution in [1.82, 2.24) is 4.98 Å². The molecule has 1 heterocycles. The summed E-state index contributed by atoms with van der Waals surface area (Å²) < 4.78 is 5.28. The van der Waals surface area contributed by atoms with Crippen LogP contribution in [-0.4, -0.2) is 16.8 Å². The van der Waals surface area contributed by atoms with Crippen molar-refractivity contribution in [2.45, 2.75) is 43.9 Å². The van der Waals surface area contributed by atoms with Gasteiger partial charge in [-0.1, -0.05) is 18.2 Å². The van der Waals surface area contributed by atoms with Crippen LogP contribution >= 0.6 is 11.8 Å². The second-order valence-electron chi connectivity index (χ2n) is 4.25. The molecule has 0 spiro atoms. The molecule has 1 fully saturated rings. The van der Waals surface area contributed by atoms with Crippen LogP contribution in [0.4, 0.5) is 0 Å². The molecule has 4 heteroatoms. The number of nitrogens with zero attached hydrogens (tertiary/aromatic N) is 1. The van der Waals surface area contributed by atoms with Crippen LogP contribution in [-0.2, 0) is 0 Å². The summed E-state index contributed by atoms with van der Waals surface area (Å²) in [7, 11) is 0. The number of aromatic nitrogens is 1. The van der Waals surface area contributed by atoms with E-state index in [0.717, 1.165) is 16.7 Å². The zero-order valence-corrected chi connectivity index (χ0v) is 9.93. The van der Waals surface area contributed by atoms with E-state index < -0.39 is 0 Å². The summed E-state index contributed by atoms with van der Waals surface area (Å²) in [4.78, 5) is 4.26. The highest BCUT2D eigenvalue weighted by molar-refractivity contribution is 7.99. The first kappa shape index (κ1) is 11.0. The van der Waals surface area contributed by atoms with E-state index in [1.165, 1.54) is 25.7 Å². The molecule has 1 aliphatic rings. The van der Waals surface area contributed by atoms with Gasteiger partial charge in [-0.25, -0.2) is 4.98 Å². The van der Waals surface area contributed by atoms with Crippen LogP contribution in [0.2, 0.25) is 0 Å². The maximum Gasteiger partial charge on any atom is 0.255 e. The molecule has 0 radical (unpaired) electrons. The number of hydrogen-bond donors (Lipinski definition) is 1. The van der Waals surface area contributed by atoms with Crippen molar-refractivity contribution in [2.75, 3.05) is 5.75 Å². The number of rotatable bonds is 4. The maximum atomic E-state index is 6.01. The van der Waals surface area contributed by atoms with Crippen LogP contribution in [0.5, 0.6) is 0 Å². The van der Waals surface area contributed by atoms with E-state index >= 15 is 0 Å². The molecular weight excluding hydrogens is 208 g/mol. The lowest BCUT2D eigenvalue weighted by Crippen LogP contribution is -2.24. The molecular formula is C11H18N2OS. The Bertz CT molecular complexity index is 313. The molecule has 15 heavy (non-hydrogen) atoms. The van der Waals surface area contributed by atoms with Crippen molar-refractivity contribution in [3.8, 4) is 0 Å². The average molecular weight is 226 g/mol. The molecule has 1 aliphatic carbocycles. The summed E-state index contributed by atoms with van der Waals surface area (Å²) in [5.41, 5.74) is 6.97. The number of thioether (sulfide) groups is 1. The Balaban J connectivity index is 1.70. The maximum absolute atomic E-state index is 6.01. The summed E-state index contributed by atoms with van der Waals surface area (Å²) in [6.07, 6.45) is 6.69. The fourth-order valence-corrected chi connectivity index (χ4v) is 3.04. The first-order valence-electron chi connectivity index (χ1n) is 5.56. The van der Waals surface area contributed by atoms with E-state index in [0.29, 0.717) is 12.0 Å². The van der Waals surface area contributed by atoms with E-state index in [1.807, 2.05) is 6.92 Å². The van der Waals surface area contributed by atoms with Crippen LogP contribution in [0, 0.1) is 12.8 Å². The lowest BCUT2D eigenvalue weighted by molar-refractivity contribution is 0.449. The van der Waals surface area contributed by atoms with Crippen molar-refractivity contribution >= 4 is 11.8 Å². The average Bonchev–Trinajstić information content (AvgIpc) is 2.77. The molecule has 0 saturated heterocycles. The van der Waals surface area contributed by atoms with Crippen LogP contribution in [0.15, 0.2) is 15.9 Å². The molecule has 3 nitrogen and oxygen atoms in total. The predicted octanol–water partition coefficient (Wildman–Crippen LogP) is 2.59. The third-order valence-corrected chi connectivity index (χ3v) is 3.90. The van der Waals surface area contributed by atoms with Gasteiger partial charge in [0, 0.05) is 11.8 Å². The topological polar surface area (TPSA) is 52.0 Å². The molecule has 0 aromatic carbocycles. The standard InChI is InChI=1S/C11H18N2OS/c1-8-7-14-11(13-8)15-6-5-9-3-2-4-10(9)12/h7,9-10H,2-6,12H2,1H3. The quantitative estimate of drug-likeness (QED) is 0.802. The molecule has 1 saturated carbocycles. The third-order valence-electron chi connectivity index (χ3n) is 3.03. The second kappa shape index (κ2) is 5.03. The number of oxazole rings is 1. The zero-order valence-electron chi connectivity index (χ0n) is 9.11. The Hall–Kier alpha value is -0.480. The summed E-state index contributed by atoms with van der Waals surface area (Å²) in [6, 6.07) is 0.428. The van der Waals surface area contributed by atoms with Crippen molar-refractivity contribution in [2.24, 2.45) is 11.7 Å². The van der Waals surface area contributed by atoms with Crippen molar-refractivity contribution in [3.63, 3.8) is 0 Å². The zero-order chi connectivity index (χ0) is 10.7. The molecule has 1 aromatic rings. The smallest absolute Gasteiger partial charge is 0.255 e. The van der Waals surface area contributed by atoms with E-state index in [2.05, 4.69) is 4.98 Å². The Kier molecular flexibility index (Phi) is 3.70. The van der Waals surface area contributed by atoms with Gasteiger partial charge in [0.25, 0.3) is 5.22 Å². The van der Waals surface area contributed by atoms with Crippen LogP contribution in [0.25, 0.3) is 0 Å². The van der Waals surface area contributed by atoms with E-state index in [-0.39, 0.29) is 0 Å². The van der Waals surface area contributed by atoms with Gasteiger partial charge in [-0.15, -0.1) is 0 Å². The molecule has 0 amide bonds. The minimum Gasteiger partial charge on any atom is -0.440 e. The normalized spacial score (nSPS) is 26.0. The van der Waals surface area contributed by atoms with Gasteiger partial charge >= 0.3 is 0 Å². The number of nitrogens with two attached hydrogens (primary N) is 1. The monoisotopic (exact) mass is 226 g/mol. The largest absolute Gasteiger partial charge is 0.440 e. The Labute approximate surface area is 94.8 Å². The summed E-state index contributed by atoms with van der Waals surface area (Å²) in [5, 5.41) is 0.791. The van der Waals surface area contributed by atoms with Gasteiger partial charge < -0.3 is 10.2 Å². The van der Waals surface area contributed by atoms with Gasteiger partial charge in [-0.3, -0.25) is 0 Å². The van der Waals surface area contributed by atoms with Crippen LogP contribution < -0.4 is 5.73 Å². The minimum atomic E-state index is 0.428. The van der Waals surface area contributed by atoms with E-state index in [4.69, 9.17) is 10.2 Å². The van der Waals surface area contributed by atoms with E-state index in [9.17, 15) is 0 Å². The minimum absolute atomic E-state index is 0.428. The van der Waals surface area contributed by atoms with Gasteiger partial charge in [0.05, 0.1) is 5.69 Å². The molecule has 2 N–H and O–H groups in total. The predicted molar refractivity (Wildman–Crippen MR) is 61.9 cm³/mol. The lowest BCUT2D eigenvalue weighted by Gasteiger charge is -2.13. The van der Waals surface area contributed by atoms with Crippen molar-refractivity contribution in [1.29, 1.82) is 0 Å². The SMILES string of the molecule is Cc1coc(SCCC2CCCC2N)n1. The van der Waals surface area contributed by atoms with Gasteiger partial charge in [-0.05, 0) is 32.1 Å². The van der Waals surface area contributed by atoms with Crippen molar-refractivity contribution < 1.29 is 4.42 Å². The summed E-state index contributed by atoms with van der Waals surface area (Å²) in [5.74, 6) is 1.78. The fraction of sp³-hybridized carbons (Fsp3) is 0.727.